The third-order valence-corrected chi connectivity index (χ3v) is 1.77. The number of hydrogen-bond donors (Lipinski definition) is 1. The molecule has 0 aliphatic carbocycles. The largest absolute Gasteiger partial charge is 0.618 e. The van der Waals surface area contributed by atoms with Crippen LogP contribution in [-0.4, -0.2) is 23.3 Å². The molecule has 1 N–H and O–H groups in total. The van der Waals surface area contributed by atoms with Crippen LogP contribution in [0.2, 0.25) is 0 Å². The van der Waals surface area contributed by atoms with Crippen molar-refractivity contribution in [3.05, 3.63) is 42.5 Å². The summed E-state index contributed by atoms with van der Waals surface area (Å²) in [5, 5.41) is 11.4. The lowest BCUT2D eigenvalue weighted by Gasteiger charge is -1.97. The molecule has 1 nitrogen and oxygen atoms in total. The fraction of sp³-hybridized carbons (Fsp3) is 0. The summed E-state index contributed by atoms with van der Waals surface area (Å²) in [5.74, 6) is 0.350. The van der Waals surface area contributed by atoms with E-state index in [0.717, 1.165) is 10.8 Å². The minimum absolute atomic E-state index is 0.350. The van der Waals surface area contributed by atoms with Crippen molar-refractivity contribution in [3.8, 4) is 5.75 Å². The molecule has 0 bridgehead atoms. The molecule has 2 aromatic rings. The molecule has 0 aliphatic rings. The number of hydrogen-bond acceptors (Lipinski definition) is 1. The third-order valence-electron chi connectivity index (χ3n) is 1.77. The Morgan fingerprint density at radius 3 is 2.14 bits per heavy atom. The molecule has 70 valence electrons. The quantitative estimate of drug-likeness (QED) is 0.697. The Balaban J connectivity index is 0.000000293. The van der Waals surface area contributed by atoms with Crippen molar-refractivity contribution in [2.24, 2.45) is 0 Å². The van der Waals surface area contributed by atoms with E-state index in [1.165, 1.54) is 0 Å². The normalized spacial score (nSPS) is 8.71. The molecule has 0 saturated heterocycles. The van der Waals surface area contributed by atoms with E-state index >= 15 is 0 Å². The van der Waals surface area contributed by atoms with E-state index in [-0.39, 0.29) is 0 Å². The SMILES string of the molecule is Oc1cccc2ccccc12.[Cl][Mg][Cl]. The maximum Gasteiger partial charge on any atom is 0.618 e. The van der Waals surface area contributed by atoms with Crippen molar-refractivity contribution in [1.82, 2.24) is 0 Å². The zero-order chi connectivity index (χ0) is 10.4. The molecular weight excluding hydrogens is 231 g/mol. The van der Waals surface area contributed by atoms with Gasteiger partial charge in [-0.3, -0.25) is 0 Å². The molecule has 0 aliphatic heterocycles. The average molecular weight is 239 g/mol. The van der Waals surface area contributed by atoms with Gasteiger partial charge in [0.25, 0.3) is 0 Å². The zero-order valence-corrected chi connectivity index (χ0v) is 10.4. The number of phenolic OH excluding ortho intramolecular Hbond substituents is 1. The average Bonchev–Trinajstić information content (AvgIpc) is 2.20. The van der Waals surface area contributed by atoms with Crippen molar-refractivity contribution in [2.75, 3.05) is 0 Å². The van der Waals surface area contributed by atoms with E-state index in [1.54, 1.807) is 6.07 Å². The van der Waals surface area contributed by atoms with Crippen molar-refractivity contribution >= 4 is 47.1 Å². The number of benzene rings is 2. The summed E-state index contributed by atoms with van der Waals surface area (Å²) >= 11 is -0.639. The predicted molar refractivity (Wildman–Crippen MR) is 63.1 cm³/mol. The van der Waals surface area contributed by atoms with Crippen LogP contribution in [0.15, 0.2) is 42.5 Å². The number of halogens is 2. The van der Waals surface area contributed by atoms with Gasteiger partial charge in [0.15, 0.2) is 0 Å². The second kappa shape index (κ2) is 6.35. The first-order chi connectivity index (χ1) is 6.79. The lowest BCUT2D eigenvalue weighted by Crippen LogP contribution is -1.70. The molecule has 0 spiro atoms. The smallest absolute Gasteiger partial charge is 0.507 e. The van der Waals surface area contributed by atoms with Crippen molar-refractivity contribution in [2.45, 2.75) is 0 Å². The standard InChI is InChI=1S/C10H8O.2ClH.Mg/c11-10-7-3-5-8-4-1-2-6-9(8)10;;;/h1-7,11H;2*1H;/q;;;+2/p-2. The van der Waals surface area contributed by atoms with Crippen LogP contribution in [0, 0.1) is 0 Å². The number of aromatic hydroxyl groups is 1. The van der Waals surface area contributed by atoms with E-state index < -0.39 is 18.2 Å². The Morgan fingerprint density at radius 1 is 0.929 bits per heavy atom. The molecule has 0 fully saturated rings. The molecule has 4 heteroatoms. The molecule has 0 radical (unpaired) electrons. The summed E-state index contributed by atoms with van der Waals surface area (Å²) in [5.41, 5.74) is 0. The van der Waals surface area contributed by atoms with Crippen LogP contribution in [0.5, 0.6) is 5.75 Å². The highest BCUT2D eigenvalue weighted by molar-refractivity contribution is 7.22. The van der Waals surface area contributed by atoms with Crippen molar-refractivity contribution < 1.29 is 5.11 Å². The van der Waals surface area contributed by atoms with Gasteiger partial charge in [0.2, 0.25) is 0 Å². The molecule has 2 rings (SSSR count). The molecule has 0 atom stereocenters. The Hall–Kier alpha value is -0.154. The Labute approximate surface area is 99.9 Å². The van der Waals surface area contributed by atoms with E-state index in [4.69, 9.17) is 18.1 Å². The van der Waals surface area contributed by atoms with Gasteiger partial charge in [-0.1, -0.05) is 36.4 Å². The second-order valence-electron chi connectivity index (χ2n) is 2.60. The van der Waals surface area contributed by atoms with Crippen LogP contribution in [0.3, 0.4) is 0 Å². The van der Waals surface area contributed by atoms with E-state index in [2.05, 4.69) is 0 Å². The van der Waals surface area contributed by atoms with Gasteiger partial charge in [0.1, 0.15) is 5.75 Å². The maximum atomic E-state index is 9.37. The molecule has 0 amide bonds. The summed E-state index contributed by atoms with van der Waals surface area (Å²) in [7, 11) is 9.81. The third kappa shape index (κ3) is 3.21. The molecule has 0 heterocycles. The fourth-order valence-corrected chi connectivity index (χ4v) is 1.21. The molecule has 0 unspecified atom stereocenters. The minimum atomic E-state index is -0.639. The Bertz CT molecular complexity index is 401. The number of rotatable bonds is 0. The summed E-state index contributed by atoms with van der Waals surface area (Å²) in [6.45, 7) is 0. The van der Waals surface area contributed by atoms with Crippen LogP contribution in [0.25, 0.3) is 10.8 Å². The van der Waals surface area contributed by atoms with Gasteiger partial charge in [0, 0.05) is 5.39 Å². The summed E-state index contributed by atoms with van der Waals surface area (Å²) < 4.78 is 0. The summed E-state index contributed by atoms with van der Waals surface area (Å²) in [4.78, 5) is 0. The van der Waals surface area contributed by atoms with Gasteiger partial charge < -0.3 is 23.2 Å². The zero-order valence-electron chi connectivity index (χ0n) is 7.45. The number of phenols is 1. The molecule has 2 aromatic carbocycles. The van der Waals surface area contributed by atoms with Gasteiger partial charge in [-0.05, 0) is 11.5 Å². The maximum absolute atomic E-state index is 9.37. The molecular formula is C10H8Cl2MgO. The first-order valence-electron chi connectivity index (χ1n) is 4.08. The van der Waals surface area contributed by atoms with Crippen LogP contribution in [-0.2, 0) is 0 Å². The van der Waals surface area contributed by atoms with E-state index in [0.29, 0.717) is 5.75 Å². The summed E-state index contributed by atoms with van der Waals surface area (Å²) in [6, 6.07) is 13.3. The lowest BCUT2D eigenvalue weighted by atomic mass is 10.1. The van der Waals surface area contributed by atoms with Gasteiger partial charge >= 0.3 is 18.2 Å². The van der Waals surface area contributed by atoms with Gasteiger partial charge in [-0.25, -0.2) is 0 Å². The van der Waals surface area contributed by atoms with Crippen LogP contribution in [0.4, 0.5) is 0 Å². The molecule has 0 saturated carbocycles. The van der Waals surface area contributed by atoms with Gasteiger partial charge in [-0.15, -0.1) is 0 Å². The minimum Gasteiger partial charge on any atom is -0.507 e. The Morgan fingerprint density at radius 2 is 1.50 bits per heavy atom. The highest BCUT2D eigenvalue weighted by atomic mass is 35.6. The topological polar surface area (TPSA) is 20.2 Å². The van der Waals surface area contributed by atoms with Gasteiger partial charge in [0.05, 0.1) is 0 Å². The van der Waals surface area contributed by atoms with Gasteiger partial charge in [-0.2, -0.15) is 0 Å². The summed E-state index contributed by atoms with van der Waals surface area (Å²) in [6.07, 6.45) is 0. The second-order valence-corrected chi connectivity index (χ2v) is 5.23. The highest BCUT2D eigenvalue weighted by Crippen LogP contribution is 2.22. The first kappa shape index (κ1) is 11.9. The molecule has 0 aromatic heterocycles. The highest BCUT2D eigenvalue weighted by Gasteiger charge is 1.94. The monoisotopic (exact) mass is 238 g/mol. The Kier molecular flexibility index (Phi) is 5.41. The lowest BCUT2D eigenvalue weighted by molar-refractivity contribution is 0.481. The first-order valence-corrected chi connectivity index (χ1v) is 8.36. The predicted octanol–water partition coefficient (Wildman–Crippen LogP) is 3.54. The number of fused-ring (bicyclic) bond motifs is 1. The van der Waals surface area contributed by atoms with E-state index in [9.17, 15) is 5.11 Å². The van der Waals surface area contributed by atoms with Crippen molar-refractivity contribution in [1.29, 1.82) is 0 Å². The molecule has 14 heavy (non-hydrogen) atoms. The van der Waals surface area contributed by atoms with Crippen molar-refractivity contribution in [3.63, 3.8) is 0 Å². The van der Waals surface area contributed by atoms with Crippen LogP contribution >= 0.6 is 18.1 Å². The van der Waals surface area contributed by atoms with E-state index in [1.807, 2.05) is 36.4 Å². The van der Waals surface area contributed by atoms with Crippen LogP contribution < -0.4 is 0 Å². The fourth-order valence-electron chi connectivity index (χ4n) is 1.21. The van der Waals surface area contributed by atoms with Crippen LogP contribution in [0.1, 0.15) is 0 Å².